The Morgan fingerprint density at radius 3 is 2.69 bits per heavy atom. The second-order valence-electron chi connectivity index (χ2n) is 3.65. The third kappa shape index (κ3) is 2.73. The van der Waals surface area contributed by atoms with E-state index in [-0.39, 0.29) is 11.8 Å². The maximum absolute atomic E-state index is 11.7. The fraction of sp³-hybridized carbons (Fsp3) is 0.800. The van der Waals surface area contributed by atoms with Crippen molar-refractivity contribution in [1.29, 1.82) is 5.26 Å². The van der Waals surface area contributed by atoms with Gasteiger partial charge in [0.2, 0.25) is 5.91 Å². The highest BCUT2D eigenvalue weighted by atomic mass is 16.2. The number of carbonyl (C=O) groups is 1. The summed E-state index contributed by atoms with van der Waals surface area (Å²) in [6.07, 6.45) is 4.88. The van der Waals surface area contributed by atoms with Gasteiger partial charge in [0.1, 0.15) is 0 Å². The average molecular weight is 180 g/mol. The smallest absolute Gasteiger partial charge is 0.225 e. The number of carbonyl (C=O) groups excluding carboxylic acids is 1. The predicted octanol–water partition coefficient (Wildman–Crippen LogP) is 1.55. The first-order valence-corrected chi connectivity index (χ1v) is 4.87. The van der Waals surface area contributed by atoms with Gasteiger partial charge in [0.15, 0.2) is 0 Å². The van der Waals surface area contributed by atoms with Gasteiger partial charge in [-0.2, -0.15) is 5.26 Å². The first-order valence-electron chi connectivity index (χ1n) is 4.87. The van der Waals surface area contributed by atoms with Crippen molar-refractivity contribution in [3.63, 3.8) is 0 Å². The summed E-state index contributed by atoms with van der Waals surface area (Å²) >= 11 is 0. The van der Waals surface area contributed by atoms with Gasteiger partial charge < -0.3 is 4.90 Å². The van der Waals surface area contributed by atoms with Crippen LogP contribution in [0.4, 0.5) is 0 Å². The van der Waals surface area contributed by atoms with Crippen molar-refractivity contribution in [2.45, 2.75) is 32.1 Å². The Labute approximate surface area is 79.3 Å². The second kappa shape index (κ2) is 4.86. The van der Waals surface area contributed by atoms with Crippen molar-refractivity contribution < 1.29 is 4.79 Å². The predicted molar refractivity (Wildman–Crippen MR) is 49.8 cm³/mol. The van der Waals surface area contributed by atoms with E-state index >= 15 is 0 Å². The van der Waals surface area contributed by atoms with Gasteiger partial charge in [0, 0.05) is 19.5 Å². The van der Waals surface area contributed by atoms with Gasteiger partial charge in [-0.1, -0.05) is 12.8 Å². The molecule has 3 nitrogen and oxygen atoms in total. The van der Waals surface area contributed by atoms with Crippen LogP contribution >= 0.6 is 0 Å². The maximum Gasteiger partial charge on any atom is 0.225 e. The molecule has 3 heteroatoms. The first kappa shape index (κ1) is 10.0. The third-order valence-electron chi connectivity index (χ3n) is 2.64. The molecule has 1 aliphatic rings. The summed E-state index contributed by atoms with van der Waals surface area (Å²) in [6, 6.07) is 2.05. The quantitative estimate of drug-likeness (QED) is 0.661. The molecule has 0 unspecified atom stereocenters. The Kier molecular flexibility index (Phi) is 3.75. The molecule has 1 aliphatic carbocycles. The molecule has 0 heterocycles. The van der Waals surface area contributed by atoms with E-state index in [9.17, 15) is 4.79 Å². The van der Waals surface area contributed by atoms with Crippen LogP contribution in [-0.2, 0) is 4.79 Å². The van der Waals surface area contributed by atoms with Crippen LogP contribution in [0.1, 0.15) is 32.1 Å². The van der Waals surface area contributed by atoms with Crippen LogP contribution in [0, 0.1) is 17.2 Å². The van der Waals surface area contributed by atoms with Gasteiger partial charge in [0.25, 0.3) is 0 Å². The van der Waals surface area contributed by atoms with Crippen LogP contribution in [0.2, 0.25) is 0 Å². The standard InChI is InChI=1S/C10H16N2O/c1-12(8-4-7-11)10(13)9-5-2-3-6-9/h9H,2-6,8H2,1H3. The highest BCUT2D eigenvalue weighted by molar-refractivity contribution is 5.78. The zero-order chi connectivity index (χ0) is 9.68. The molecule has 0 aromatic heterocycles. The second-order valence-corrected chi connectivity index (χ2v) is 3.65. The minimum Gasteiger partial charge on any atom is -0.344 e. The topological polar surface area (TPSA) is 44.1 Å². The number of rotatable bonds is 3. The van der Waals surface area contributed by atoms with E-state index in [4.69, 9.17) is 5.26 Å². The summed E-state index contributed by atoms with van der Waals surface area (Å²) in [6.45, 7) is 0.575. The molecular weight excluding hydrogens is 164 g/mol. The minimum atomic E-state index is 0.229. The molecule has 72 valence electrons. The van der Waals surface area contributed by atoms with Crippen LogP contribution in [-0.4, -0.2) is 24.4 Å². The SMILES string of the molecule is CN(CCC#N)C(=O)C1CCCC1. The largest absolute Gasteiger partial charge is 0.344 e. The van der Waals surface area contributed by atoms with E-state index in [0.717, 1.165) is 12.8 Å². The lowest BCUT2D eigenvalue weighted by molar-refractivity contribution is -0.133. The monoisotopic (exact) mass is 180 g/mol. The molecule has 0 bridgehead atoms. The van der Waals surface area contributed by atoms with Gasteiger partial charge in [0.05, 0.1) is 12.5 Å². The Morgan fingerprint density at radius 1 is 1.54 bits per heavy atom. The van der Waals surface area contributed by atoms with E-state index in [1.807, 2.05) is 0 Å². The molecule has 0 atom stereocenters. The Balaban J connectivity index is 2.33. The maximum atomic E-state index is 11.7. The molecule has 1 rings (SSSR count). The lowest BCUT2D eigenvalue weighted by Gasteiger charge is -2.19. The molecule has 0 saturated heterocycles. The first-order chi connectivity index (χ1) is 6.25. The minimum absolute atomic E-state index is 0.229. The summed E-state index contributed by atoms with van der Waals surface area (Å²) in [5, 5.41) is 8.37. The van der Waals surface area contributed by atoms with E-state index < -0.39 is 0 Å². The summed E-state index contributed by atoms with van der Waals surface area (Å²) in [4.78, 5) is 13.4. The van der Waals surface area contributed by atoms with Crippen molar-refractivity contribution in [2.24, 2.45) is 5.92 Å². The van der Waals surface area contributed by atoms with Crippen molar-refractivity contribution in [2.75, 3.05) is 13.6 Å². The molecule has 0 N–H and O–H groups in total. The van der Waals surface area contributed by atoms with Crippen LogP contribution < -0.4 is 0 Å². The van der Waals surface area contributed by atoms with Crippen LogP contribution in [0.5, 0.6) is 0 Å². The summed E-state index contributed by atoms with van der Waals surface area (Å²) in [7, 11) is 1.79. The van der Waals surface area contributed by atoms with E-state index in [1.165, 1.54) is 12.8 Å². The summed E-state index contributed by atoms with van der Waals surface area (Å²) < 4.78 is 0. The highest BCUT2D eigenvalue weighted by Crippen LogP contribution is 2.26. The Morgan fingerprint density at radius 2 is 2.15 bits per heavy atom. The van der Waals surface area contributed by atoms with Gasteiger partial charge in [-0.05, 0) is 12.8 Å². The molecule has 0 aliphatic heterocycles. The molecule has 0 radical (unpaired) electrons. The molecule has 0 spiro atoms. The van der Waals surface area contributed by atoms with E-state index in [1.54, 1.807) is 11.9 Å². The number of nitriles is 1. The van der Waals surface area contributed by atoms with Crippen LogP contribution in [0.3, 0.4) is 0 Å². The van der Waals surface area contributed by atoms with Crippen LogP contribution in [0.25, 0.3) is 0 Å². The number of nitrogens with zero attached hydrogens (tertiary/aromatic N) is 2. The third-order valence-corrected chi connectivity index (χ3v) is 2.64. The lowest BCUT2D eigenvalue weighted by atomic mass is 10.1. The zero-order valence-corrected chi connectivity index (χ0v) is 8.12. The summed E-state index contributed by atoms with van der Waals surface area (Å²) in [5.41, 5.74) is 0. The number of hydrogen-bond acceptors (Lipinski definition) is 2. The Bertz CT molecular complexity index is 213. The van der Waals surface area contributed by atoms with Crippen molar-refractivity contribution in [3.8, 4) is 6.07 Å². The van der Waals surface area contributed by atoms with Crippen LogP contribution in [0.15, 0.2) is 0 Å². The van der Waals surface area contributed by atoms with Gasteiger partial charge in [-0.25, -0.2) is 0 Å². The molecule has 1 saturated carbocycles. The normalized spacial score (nSPS) is 16.9. The van der Waals surface area contributed by atoms with E-state index in [2.05, 4.69) is 6.07 Å². The lowest BCUT2D eigenvalue weighted by Crippen LogP contribution is -2.32. The number of amides is 1. The molecule has 1 fully saturated rings. The molecule has 0 aromatic rings. The average Bonchev–Trinajstić information content (AvgIpc) is 2.65. The zero-order valence-electron chi connectivity index (χ0n) is 8.12. The molecule has 1 amide bonds. The molecular formula is C10H16N2O. The highest BCUT2D eigenvalue weighted by Gasteiger charge is 2.24. The van der Waals surface area contributed by atoms with E-state index in [0.29, 0.717) is 13.0 Å². The van der Waals surface area contributed by atoms with Gasteiger partial charge >= 0.3 is 0 Å². The Hall–Kier alpha value is -1.04. The fourth-order valence-corrected chi connectivity index (χ4v) is 1.81. The fourth-order valence-electron chi connectivity index (χ4n) is 1.81. The number of hydrogen-bond donors (Lipinski definition) is 0. The molecule has 0 aromatic carbocycles. The van der Waals surface area contributed by atoms with Crippen molar-refractivity contribution in [1.82, 2.24) is 4.90 Å². The van der Waals surface area contributed by atoms with Gasteiger partial charge in [-0.3, -0.25) is 4.79 Å². The van der Waals surface area contributed by atoms with Gasteiger partial charge in [-0.15, -0.1) is 0 Å². The molecule has 13 heavy (non-hydrogen) atoms. The van der Waals surface area contributed by atoms with Crippen molar-refractivity contribution >= 4 is 5.91 Å². The van der Waals surface area contributed by atoms with Crippen molar-refractivity contribution in [3.05, 3.63) is 0 Å². The summed E-state index contributed by atoms with van der Waals surface area (Å²) in [5.74, 6) is 0.469.